The summed E-state index contributed by atoms with van der Waals surface area (Å²) in [5, 5.41) is 9.95. The normalized spacial score (nSPS) is 15.7. The second-order valence-electron chi connectivity index (χ2n) is 8.48. The average Bonchev–Trinajstić information content (AvgIpc) is 3.49. The van der Waals surface area contributed by atoms with Crippen molar-refractivity contribution in [1.82, 2.24) is 25.1 Å². The molecule has 1 saturated heterocycles. The van der Waals surface area contributed by atoms with Crippen LogP contribution in [0.2, 0.25) is 0 Å². The number of nitrogens with one attached hydrogen (secondary N) is 2. The van der Waals surface area contributed by atoms with E-state index in [0.717, 1.165) is 12.1 Å². The Bertz CT molecular complexity index is 1170. The van der Waals surface area contributed by atoms with Gasteiger partial charge in [-0.15, -0.1) is 0 Å². The third kappa shape index (κ3) is 4.72. The van der Waals surface area contributed by atoms with E-state index in [4.69, 9.17) is 4.74 Å². The summed E-state index contributed by atoms with van der Waals surface area (Å²) in [5.74, 6) is 1.12. The first kappa shape index (κ1) is 22.4. The second kappa shape index (κ2) is 9.40. The van der Waals surface area contributed by atoms with Crippen molar-refractivity contribution in [3.63, 3.8) is 0 Å². The Morgan fingerprint density at radius 2 is 2.06 bits per heavy atom. The molecular formula is C24H28N6O3. The Hall–Kier alpha value is -3.75. The lowest BCUT2D eigenvalue weighted by molar-refractivity contribution is 0.0784. The maximum absolute atomic E-state index is 12.8. The number of amides is 2. The number of aryl methyl sites for hydroxylation is 1. The number of hydrogen-bond acceptors (Lipinski definition) is 6. The molecule has 0 spiro atoms. The van der Waals surface area contributed by atoms with Crippen molar-refractivity contribution < 1.29 is 14.3 Å². The number of carbonyl (C=O) groups excluding carboxylic acids is 2. The van der Waals surface area contributed by atoms with Gasteiger partial charge >= 0.3 is 0 Å². The van der Waals surface area contributed by atoms with Crippen LogP contribution in [0.4, 0.5) is 5.69 Å². The molecule has 1 aliphatic rings. The molecule has 0 saturated carbocycles. The van der Waals surface area contributed by atoms with Crippen LogP contribution >= 0.6 is 0 Å². The van der Waals surface area contributed by atoms with Crippen LogP contribution < -0.4 is 10.1 Å². The summed E-state index contributed by atoms with van der Waals surface area (Å²) in [4.78, 5) is 36.4. The molecule has 1 aliphatic heterocycles. The van der Waals surface area contributed by atoms with Crippen LogP contribution in [0.15, 0.2) is 36.5 Å². The summed E-state index contributed by atoms with van der Waals surface area (Å²) in [7, 11) is 1.55. The number of likely N-dealkylation sites (tertiary alicyclic amines) is 1. The van der Waals surface area contributed by atoms with Gasteiger partial charge in [0.1, 0.15) is 17.3 Å². The topological polar surface area (TPSA) is 113 Å². The lowest BCUT2D eigenvalue weighted by atomic mass is 10.1. The van der Waals surface area contributed by atoms with Gasteiger partial charge in [0.25, 0.3) is 11.8 Å². The summed E-state index contributed by atoms with van der Waals surface area (Å²) >= 11 is 0. The molecule has 3 heterocycles. The largest absolute Gasteiger partial charge is 0.495 e. The summed E-state index contributed by atoms with van der Waals surface area (Å²) in [6, 6.07) is 9.03. The van der Waals surface area contributed by atoms with E-state index in [2.05, 4.69) is 25.5 Å². The molecule has 0 bridgehead atoms. The minimum atomic E-state index is -0.300. The number of carbonyl (C=O) groups is 2. The molecular weight excluding hydrogens is 420 g/mol. The molecule has 172 valence electrons. The maximum Gasteiger partial charge on any atom is 0.274 e. The van der Waals surface area contributed by atoms with Gasteiger partial charge in [0.05, 0.1) is 24.1 Å². The molecule has 1 aromatic carbocycles. The summed E-state index contributed by atoms with van der Waals surface area (Å²) in [5.41, 5.74) is 2.94. The van der Waals surface area contributed by atoms with Gasteiger partial charge in [-0.05, 0) is 37.5 Å². The van der Waals surface area contributed by atoms with Crippen molar-refractivity contribution in [3.8, 4) is 5.75 Å². The van der Waals surface area contributed by atoms with Crippen molar-refractivity contribution in [2.45, 2.75) is 39.0 Å². The molecule has 1 atom stereocenters. The standard InChI is InChI=1S/C24H28N6O3/c1-14(2)19-11-20(29-28-19)24(32)30-10-9-16(13-30)22-25-12-17(15(3)26-22)23(31)27-18-7-5-6-8-21(18)33-4/h5-8,11-12,14,16H,9-10,13H2,1-4H3,(H,27,31)(H,28,29)/t16-/m0/s1. The Labute approximate surface area is 192 Å². The molecule has 1 fully saturated rings. The number of benzene rings is 1. The second-order valence-corrected chi connectivity index (χ2v) is 8.48. The fourth-order valence-electron chi connectivity index (χ4n) is 3.90. The fraction of sp³-hybridized carbons (Fsp3) is 0.375. The molecule has 0 aliphatic carbocycles. The van der Waals surface area contributed by atoms with E-state index in [-0.39, 0.29) is 23.7 Å². The molecule has 2 N–H and O–H groups in total. The van der Waals surface area contributed by atoms with Gasteiger partial charge in [-0.25, -0.2) is 9.97 Å². The predicted molar refractivity (Wildman–Crippen MR) is 124 cm³/mol. The van der Waals surface area contributed by atoms with Crippen LogP contribution in [0.5, 0.6) is 5.75 Å². The first-order chi connectivity index (χ1) is 15.9. The van der Waals surface area contributed by atoms with E-state index in [9.17, 15) is 9.59 Å². The fourth-order valence-corrected chi connectivity index (χ4v) is 3.90. The number of H-pyrrole nitrogens is 1. The van der Waals surface area contributed by atoms with Crippen LogP contribution in [0.1, 0.15) is 70.2 Å². The molecule has 0 unspecified atom stereocenters. The summed E-state index contributed by atoms with van der Waals surface area (Å²) in [6.07, 6.45) is 2.31. The number of aromatic nitrogens is 4. The van der Waals surface area contributed by atoms with E-state index < -0.39 is 0 Å². The van der Waals surface area contributed by atoms with E-state index >= 15 is 0 Å². The third-order valence-electron chi connectivity index (χ3n) is 5.88. The number of ether oxygens (including phenoxy) is 1. The smallest absolute Gasteiger partial charge is 0.274 e. The zero-order valence-electron chi connectivity index (χ0n) is 19.3. The summed E-state index contributed by atoms with van der Waals surface area (Å²) in [6.45, 7) is 7.03. The zero-order valence-corrected chi connectivity index (χ0v) is 19.3. The van der Waals surface area contributed by atoms with Crippen molar-refractivity contribution in [2.24, 2.45) is 0 Å². The number of methoxy groups -OCH3 is 1. The molecule has 4 rings (SSSR count). The van der Waals surface area contributed by atoms with Crippen molar-refractivity contribution in [1.29, 1.82) is 0 Å². The predicted octanol–water partition coefficient (Wildman–Crippen LogP) is 3.52. The van der Waals surface area contributed by atoms with Crippen LogP contribution in [0.25, 0.3) is 0 Å². The van der Waals surface area contributed by atoms with Gasteiger partial charge in [0, 0.05) is 30.9 Å². The van der Waals surface area contributed by atoms with E-state index in [0.29, 0.717) is 47.3 Å². The Kier molecular flexibility index (Phi) is 6.39. The number of rotatable bonds is 6. The van der Waals surface area contributed by atoms with Crippen LogP contribution in [-0.2, 0) is 0 Å². The van der Waals surface area contributed by atoms with Gasteiger partial charge in [-0.1, -0.05) is 26.0 Å². The first-order valence-corrected chi connectivity index (χ1v) is 11.0. The monoisotopic (exact) mass is 448 g/mol. The zero-order chi connectivity index (χ0) is 23.5. The molecule has 2 aromatic heterocycles. The van der Waals surface area contributed by atoms with Crippen molar-refractivity contribution in [3.05, 3.63) is 65.0 Å². The first-order valence-electron chi connectivity index (χ1n) is 11.0. The highest BCUT2D eigenvalue weighted by atomic mass is 16.5. The van der Waals surface area contributed by atoms with Crippen LogP contribution in [-0.4, -0.2) is 57.1 Å². The molecule has 9 heteroatoms. The van der Waals surface area contributed by atoms with E-state index in [1.54, 1.807) is 37.3 Å². The average molecular weight is 449 g/mol. The number of nitrogens with zero attached hydrogens (tertiary/aromatic N) is 4. The van der Waals surface area contributed by atoms with Gasteiger partial charge < -0.3 is 15.0 Å². The van der Waals surface area contributed by atoms with Gasteiger partial charge in [0.2, 0.25) is 0 Å². The highest BCUT2D eigenvalue weighted by Crippen LogP contribution is 2.27. The SMILES string of the molecule is COc1ccccc1NC(=O)c1cnc([C@H]2CCN(C(=O)c3cc(C(C)C)[nH]n3)C2)nc1C. The van der Waals surface area contributed by atoms with Gasteiger partial charge in [0.15, 0.2) is 0 Å². The highest BCUT2D eigenvalue weighted by molar-refractivity contribution is 6.05. The number of anilines is 1. The van der Waals surface area contributed by atoms with Crippen molar-refractivity contribution in [2.75, 3.05) is 25.5 Å². The highest BCUT2D eigenvalue weighted by Gasteiger charge is 2.31. The Balaban J connectivity index is 1.43. The minimum absolute atomic E-state index is 0.0162. The van der Waals surface area contributed by atoms with Gasteiger partial charge in [-0.2, -0.15) is 5.10 Å². The molecule has 3 aromatic rings. The minimum Gasteiger partial charge on any atom is -0.495 e. The number of para-hydroxylation sites is 2. The molecule has 2 amide bonds. The number of aromatic amines is 1. The lowest BCUT2D eigenvalue weighted by Gasteiger charge is -2.15. The Morgan fingerprint density at radius 1 is 1.27 bits per heavy atom. The third-order valence-corrected chi connectivity index (χ3v) is 5.88. The van der Waals surface area contributed by atoms with Gasteiger partial charge in [-0.3, -0.25) is 14.7 Å². The summed E-state index contributed by atoms with van der Waals surface area (Å²) < 4.78 is 5.29. The quantitative estimate of drug-likeness (QED) is 0.597. The molecule has 9 nitrogen and oxygen atoms in total. The molecule has 0 radical (unpaired) electrons. The van der Waals surface area contributed by atoms with E-state index in [1.165, 1.54) is 0 Å². The number of hydrogen-bond donors (Lipinski definition) is 2. The maximum atomic E-state index is 12.8. The lowest BCUT2D eigenvalue weighted by Crippen LogP contribution is -2.29. The van der Waals surface area contributed by atoms with E-state index in [1.807, 2.05) is 32.0 Å². The van der Waals surface area contributed by atoms with Crippen molar-refractivity contribution >= 4 is 17.5 Å². The molecule has 33 heavy (non-hydrogen) atoms. The van der Waals surface area contributed by atoms with Crippen LogP contribution in [0, 0.1) is 6.92 Å². The van der Waals surface area contributed by atoms with Crippen LogP contribution in [0.3, 0.4) is 0 Å². The Morgan fingerprint density at radius 3 is 2.76 bits per heavy atom.